The molecule has 0 aliphatic carbocycles. The molecule has 0 bridgehead atoms. The van der Waals surface area contributed by atoms with E-state index in [9.17, 15) is 8.42 Å². The van der Waals surface area contributed by atoms with Gasteiger partial charge in [0.1, 0.15) is 11.5 Å². The second-order valence-corrected chi connectivity index (χ2v) is 8.38. The molecule has 6 heteroatoms. The van der Waals surface area contributed by atoms with E-state index in [1.165, 1.54) is 0 Å². The zero-order valence-electron chi connectivity index (χ0n) is 14.4. The SMILES string of the molecule is CCCc1cc([C@H]2CCCN2S(=O)(=O)c2ccc(C)c(C)c2)no1. The van der Waals surface area contributed by atoms with Gasteiger partial charge in [0.15, 0.2) is 0 Å². The molecule has 0 spiro atoms. The maximum atomic E-state index is 13.1. The third-order valence-electron chi connectivity index (χ3n) is 4.70. The molecule has 0 radical (unpaired) electrons. The fraction of sp³-hybridized carbons (Fsp3) is 0.500. The Bertz CT molecular complexity index is 827. The molecule has 3 rings (SSSR count). The minimum absolute atomic E-state index is 0.231. The smallest absolute Gasteiger partial charge is 0.243 e. The maximum absolute atomic E-state index is 13.1. The van der Waals surface area contributed by atoms with Gasteiger partial charge < -0.3 is 4.52 Å². The number of rotatable bonds is 5. The van der Waals surface area contributed by atoms with Crippen LogP contribution in [-0.4, -0.2) is 24.4 Å². The average molecular weight is 348 g/mol. The highest BCUT2D eigenvalue weighted by molar-refractivity contribution is 7.89. The van der Waals surface area contributed by atoms with Crippen LogP contribution >= 0.6 is 0 Å². The van der Waals surface area contributed by atoms with E-state index in [4.69, 9.17) is 4.52 Å². The van der Waals surface area contributed by atoms with Crippen molar-refractivity contribution in [2.24, 2.45) is 0 Å². The van der Waals surface area contributed by atoms with Crippen molar-refractivity contribution < 1.29 is 12.9 Å². The lowest BCUT2D eigenvalue weighted by Gasteiger charge is -2.22. The third kappa shape index (κ3) is 3.13. The van der Waals surface area contributed by atoms with Crippen LogP contribution in [0, 0.1) is 13.8 Å². The molecule has 1 fully saturated rings. The lowest BCUT2D eigenvalue weighted by Crippen LogP contribution is -2.31. The fourth-order valence-corrected chi connectivity index (χ4v) is 4.94. The van der Waals surface area contributed by atoms with E-state index >= 15 is 0 Å². The summed E-state index contributed by atoms with van der Waals surface area (Å²) < 4.78 is 33.1. The summed E-state index contributed by atoms with van der Waals surface area (Å²) in [5.41, 5.74) is 2.80. The highest BCUT2D eigenvalue weighted by Crippen LogP contribution is 2.36. The van der Waals surface area contributed by atoms with E-state index in [2.05, 4.69) is 12.1 Å². The number of nitrogens with zero attached hydrogens (tertiary/aromatic N) is 2. The third-order valence-corrected chi connectivity index (χ3v) is 6.61. The van der Waals surface area contributed by atoms with Crippen molar-refractivity contribution in [1.82, 2.24) is 9.46 Å². The molecule has 0 amide bonds. The van der Waals surface area contributed by atoms with Crippen molar-refractivity contribution in [3.63, 3.8) is 0 Å². The quantitative estimate of drug-likeness (QED) is 0.825. The van der Waals surface area contributed by atoms with Crippen molar-refractivity contribution in [2.45, 2.75) is 57.4 Å². The summed E-state index contributed by atoms with van der Waals surface area (Å²) in [4.78, 5) is 0.356. The first kappa shape index (κ1) is 17.2. The minimum atomic E-state index is -3.53. The van der Waals surface area contributed by atoms with Gasteiger partial charge in [-0.1, -0.05) is 18.1 Å². The highest BCUT2D eigenvalue weighted by Gasteiger charge is 2.37. The van der Waals surface area contributed by atoms with E-state index in [0.29, 0.717) is 11.4 Å². The summed E-state index contributed by atoms with van der Waals surface area (Å²) in [6, 6.07) is 6.99. The largest absolute Gasteiger partial charge is 0.361 e. The van der Waals surface area contributed by atoms with E-state index in [1.807, 2.05) is 26.0 Å². The zero-order chi connectivity index (χ0) is 17.3. The first-order chi connectivity index (χ1) is 11.4. The first-order valence-electron chi connectivity index (χ1n) is 8.48. The molecule has 1 atom stereocenters. The van der Waals surface area contributed by atoms with E-state index in [0.717, 1.165) is 48.3 Å². The summed E-state index contributed by atoms with van der Waals surface area (Å²) in [7, 11) is -3.53. The number of hydrogen-bond donors (Lipinski definition) is 0. The second kappa shape index (κ2) is 6.69. The molecule has 1 aromatic heterocycles. The van der Waals surface area contributed by atoms with Crippen LogP contribution in [-0.2, 0) is 16.4 Å². The van der Waals surface area contributed by atoms with Crippen LogP contribution in [0.25, 0.3) is 0 Å². The van der Waals surface area contributed by atoms with Gasteiger partial charge in [-0.25, -0.2) is 8.42 Å². The Balaban J connectivity index is 1.92. The van der Waals surface area contributed by atoms with Gasteiger partial charge >= 0.3 is 0 Å². The van der Waals surface area contributed by atoms with Crippen LogP contribution < -0.4 is 0 Å². The summed E-state index contributed by atoms with van der Waals surface area (Å²) in [5, 5.41) is 4.12. The summed E-state index contributed by atoms with van der Waals surface area (Å²) in [5.74, 6) is 0.822. The Morgan fingerprint density at radius 1 is 1.25 bits per heavy atom. The molecule has 1 aromatic carbocycles. The normalized spacial score (nSPS) is 19.0. The summed E-state index contributed by atoms with van der Waals surface area (Å²) in [6.07, 6.45) is 3.42. The molecule has 1 saturated heterocycles. The summed E-state index contributed by atoms with van der Waals surface area (Å²) >= 11 is 0. The molecule has 1 aliphatic heterocycles. The lowest BCUT2D eigenvalue weighted by molar-refractivity contribution is 0.343. The predicted molar refractivity (Wildman–Crippen MR) is 92.3 cm³/mol. The Labute approximate surface area is 143 Å². The number of sulfonamides is 1. The van der Waals surface area contributed by atoms with Gasteiger partial charge in [-0.2, -0.15) is 4.31 Å². The van der Waals surface area contributed by atoms with Gasteiger partial charge in [-0.05, 0) is 56.4 Å². The molecule has 24 heavy (non-hydrogen) atoms. The highest BCUT2D eigenvalue weighted by atomic mass is 32.2. The van der Waals surface area contributed by atoms with Crippen LogP contribution in [0.1, 0.15) is 54.8 Å². The Hall–Kier alpha value is -1.66. The van der Waals surface area contributed by atoms with Crippen molar-refractivity contribution in [1.29, 1.82) is 0 Å². The van der Waals surface area contributed by atoms with Gasteiger partial charge in [-0.3, -0.25) is 0 Å². The Morgan fingerprint density at radius 3 is 2.75 bits per heavy atom. The number of aryl methyl sites for hydroxylation is 3. The lowest BCUT2D eigenvalue weighted by atomic mass is 10.1. The van der Waals surface area contributed by atoms with Crippen LogP contribution in [0.2, 0.25) is 0 Å². The van der Waals surface area contributed by atoms with E-state index in [1.54, 1.807) is 16.4 Å². The van der Waals surface area contributed by atoms with Crippen molar-refractivity contribution in [3.8, 4) is 0 Å². The van der Waals surface area contributed by atoms with Crippen LogP contribution in [0.15, 0.2) is 33.7 Å². The molecular weight excluding hydrogens is 324 g/mol. The van der Waals surface area contributed by atoms with Crippen LogP contribution in [0.5, 0.6) is 0 Å². The second-order valence-electron chi connectivity index (χ2n) is 6.49. The van der Waals surface area contributed by atoms with Crippen molar-refractivity contribution in [2.75, 3.05) is 6.54 Å². The maximum Gasteiger partial charge on any atom is 0.243 e. The molecular formula is C18H24N2O3S. The topological polar surface area (TPSA) is 63.4 Å². The van der Waals surface area contributed by atoms with Crippen molar-refractivity contribution in [3.05, 3.63) is 46.8 Å². The van der Waals surface area contributed by atoms with Gasteiger partial charge in [0.05, 0.1) is 10.9 Å². The molecule has 0 N–H and O–H groups in total. The van der Waals surface area contributed by atoms with E-state index in [-0.39, 0.29) is 6.04 Å². The van der Waals surface area contributed by atoms with Gasteiger partial charge in [0, 0.05) is 19.0 Å². The molecule has 130 valence electrons. The van der Waals surface area contributed by atoms with E-state index < -0.39 is 10.0 Å². The van der Waals surface area contributed by atoms with Gasteiger partial charge in [0.2, 0.25) is 10.0 Å². The predicted octanol–water partition coefficient (Wildman–Crippen LogP) is 3.77. The zero-order valence-corrected chi connectivity index (χ0v) is 15.3. The van der Waals surface area contributed by atoms with Crippen molar-refractivity contribution >= 4 is 10.0 Å². The fourth-order valence-electron chi connectivity index (χ4n) is 3.18. The van der Waals surface area contributed by atoms with Gasteiger partial charge in [0.25, 0.3) is 0 Å². The first-order valence-corrected chi connectivity index (χ1v) is 9.92. The number of benzene rings is 1. The molecule has 2 aromatic rings. The Morgan fingerprint density at radius 2 is 2.04 bits per heavy atom. The van der Waals surface area contributed by atoms with Gasteiger partial charge in [-0.15, -0.1) is 0 Å². The molecule has 2 heterocycles. The summed E-state index contributed by atoms with van der Waals surface area (Å²) in [6.45, 7) is 6.52. The molecule has 0 unspecified atom stereocenters. The van der Waals surface area contributed by atoms with Crippen LogP contribution in [0.4, 0.5) is 0 Å². The number of hydrogen-bond acceptors (Lipinski definition) is 4. The monoisotopic (exact) mass is 348 g/mol. The Kier molecular flexibility index (Phi) is 4.78. The number of aromatic nitrogens is 1. The average Bonchev–Trinajstić information content (AvgIpc) is 3.19. The van der Waals surface area contributed by atoms with Crippen LogP contribution in [0.3, 0.4) is 0 Å². The minimum Gasteiger partial charge on any atom is -0.361 e. The standard InChI is InChI=1S/C18H24N2O3S/c1-4-6-15-12-17(19-23-15)18-7-5-10-20(18)24(21,22)16-9-8-13(2)14(3)11-16/h8-9,11-12,18H,4-7,10H2,1-3H3/t18-/m1/s1. The molecule has 1 aliphatic rings. The molecule has 5 nitrogen and oxygen atoms in total. The molecule has 0 saturated carbocycles.